The number of benzene rings is 2. The Morgan fingerprint density at radius 3 is 2.55 bits per heavy atom. The summed E-state index contributed by atoms with van der Waals surface area (Å²) in [5.74, 6) is 0.679. The summed E-state index contributed by atoms with van der Waals surface area (Å²) in [4.78, 5) is 27.7. The Morgan fingerprint density at radius 1 is 1.11 bits per heavy atom. The van der Waals surface area contributed by atoms with E-state index in [0.29, 0.717) is 6.42 Å². The fourth-order valence-electron chi connectivity index (χ4n) is 5.20. The molecule has 0 bridgehead atoms. The standard InChI is InChI=1S/C31H41NO5.H2O/c1-22(31(2,3)4)27(24-13-10-14-26(19-24)37-29-15-8-9-18-35-29)20-28(33)32-25(21-36-30(32)34)17-16-23-11-6-5-7-12-23;/h5-7,10-14,19,22,25,27,29H,8-9,15-18,20-21H2,1-4H3;1H2/t22-,25+,27-,29?;/m0./s1. The molecule has 4 atom stereocenters. The summed E-state index contributed by atoms with van der Waals surface area (Å²) >= 11 is 0. The minimum Gasteiger partial charge on any atom is -0.465 e. The molecule has 38 heavy (non-hydrogen) atoms. The van der Waals surface area contributed by atoms with Crippen molar-refractivity contribution in [2.24, 2.45) is 11.3 Å². The predicted molar refractivity (Wildman–Crippen MR) is 147 cm³/mol. The van der Waals surface area contributed by atoms with E-state index in [1.807, 2.05) is 36.4 Å². The van der Waals surface area contributed by atoms with E-state index in [4.69, 9.17) is 14.2 Å². The highest BCUT2D eigenvalue weighted by molar-refractivity contribution is 5.94. The van der Waals surface area contributed by atoms with Crippen LogP contribution in [-0.2, 0) is 20.7 Å². The normalized spacial score (nSPS) is 21.3. The number of nitrogens with zero attached hydrogens (tertiary/aromatic N) is 1. The monoisotopic (exact) mass is 525 g/mol. The zero-order chi connectivity index (χ0) is 26.4. The van der Waals surface area contributed by atoms with Crippen LogP contribution in [-0.4, -0.2) is 47.9 Å². The average Bonchev–Trinajstić information content (AvgIpc) is 3.26. The predicted octanol–water partition coefficient (Wildman–Crippen LogP) is 5.90. The van der Waals surface area contributed by atoms with Crippen molar-refractivity contribution in [1.82, 2.24) is 4.90 Å². The van der Waals surface area contributed by atoms with Crippen LogP contribution >= 0.6 is 0 Å². The van der Waals surface area contributed by atoms with Gasteiger partial charge in [0.1, 0.15) is 12.4 Å². The van der Waals surface area contributed by atoms with Gasteiger partial charge in [-0.05, 0) is 66.2 Å². The molecule has 7 nitrogen and oxygen atoms in total. The fraction of sp³-hybridized carbons (Fsp3) is 0.548. The number of ether oxygens (including phenoxy) is 3. The molecule has 2 aromatic rings. The lowest BCUT2D eigenvalue weighted by molar-refractivity contribution is -0.130. The van der Waals surface area contributed by atoms with E-state index < -0.39 is 6.09 Å². The second-order valence-electron chi connectivity index (χ2n) is 11.5. The Kier molecular flexibility index (Phi) is 10.3. The minimum absolute atomic E-state index is 0. The molecular weight excluding hydrogens is 482 g/mol. The second-order valence-corrected chi connectivity index (χ2v) is 11.5. The van der Waals surface area contributed by atoms with Gasteiger partial charge in [0.2, 0.25) is 5.91 Å². The van der Waals surface area contributed by atoms with Gasteiger partial charge >= 0.3 is 6.09 Å². The topological polar surface area (TPSA) is 96.6 Å². The summed E-state index contributed by atoms with van der Waals surface area (Å²) in [5.41, 5.74) is 2.19. The maximum Gasteiger partial charge on any atom is 0.416 e. The summed E-state index contributed by atoms with van der Waals surface area (Å²) in [6, 6.07) is 17.9. The van der Waals surface area contributed by atoms with E-state index in [1.54, 1.807) is 0 Å². The molecule has 0 spiro atoms. The van der Waals surface area contributed by atoms with Crippen molar-refractivity contribution < 1.29 is 29.3 Å². The lowest BCUT2D eigenvalue weighted by atomic mass is 9.70. The van der Waals surface area contributed by atoms with Gasteiger partial charge in [-0.2, -0.15) is 0 Å². The zero-order valence-corrected chi connectivity index (χ0v) is 23.2. The molecule has 2 aliphatic rings. The van der Waals surface area contributed by atoms with Crippen molar-refractivity contribution in [2.75, 3.05) is 13.2 Å². The van der Waals surface area contributed by atoms with Crippen LogP contribution in [0.15, 0.2) is 54.6 Å². The van der Waals surface area contributed by atoms with Gasteiger partial charge in [0, 0.05) is 12.8 Å². The largest absolute Gasteiger partial charge is 0.465 e. The molecule has 2 saturated heterocycles. The Hall–Kier alpha value is -2.90. The van der Waals surface area contributed by atoms with Crippen LogP contribution in [0.5, 0.6) is 5.75 Å². The molecule has 2 aliphatic heterocycles. The maximum absolute atomic E-state index is 13.7. The highest BCUT2D eigenvalue weighted by atomic mass is 16.7. The van der Waals surface area contributed by atoms with Crippen LogP contribution in [0.1, 0.15) is 76.8 Å². The van der Waals surface area contributed by atoms with Gasteiger partial charge in [0.25, 0.3) is 0 Å². The number of hydrogen-bond donors (Lipinski definition) is 0. The van der Waals surface area contributed by atoms with Crippen molar-refractivity contribution in [3.8, 4) is 5.75 Å². The molecule has 0 aromatic heterocycles. The first-order chi connectivity index (χ1) is 17.7. The molecule has 2 N–H and O–H groups in total. The molecule has 1 unspecified atom stereocenters. The van der Waals surface area contributed by atoms with Gasteiger partial charge in [0.05, 0.1) is 12.6 Å². The molecule has 0 saturated carbocycles. The number of carbonyl (C=O) groups is 2. The summed E-state index contributed by atoms with van der Waals surface area (Å²) in [6.07, 6.45) is 4.00. The number of hydrogen-bond acceptors (Lipinski definition) is 5. The number of aryl methyl sites for hydroxylation is 1. The van der Waals surface area contributed by atoms with Gasteiger partial charge in [0.15, 0.2) is 6.29 Å². The lowest BCUT2D eigenvalue weighted by Crippen LogP contribution is -2.41. The Labute approximate surface area is 226 Å². The number of carbonyl (C=O) groups excluding carboxylic acids is 2. The third-order valence-corrected chi connectivity index (χ3v) is 7.89. The molecule has 2 fully saturated rings. The number of rotatable bonds is 9. The number of amides is 2. The number of imide groups is 1. The van der Waals surface area contributed by atoms with Crippen LogP contribution < -0.4 is 4.74 Å². The Bertz CT molecular complexity index is 1040. The highest BCUT2D eigenvalue weighted by Gasteiger charge is 2.40. The molecule has 7 heteroatoms. The van der Waals surface area contributed by atoms with Gasteiger partial charge in [-0.1, -0.05) is 70.2 Å². The van der Waals surface area contributed by atoms with Crippen LogP contribution in [0.25, 0.3) is 0 Å². The van der Waals surface area contributed by atoms with Crippen molar-refractivity contribution in [2.45, 2.75) is 84.5 Å². The Balaban J connectivity index is 0.00000400. The first kappa shape index (κ1) is 29.7. The summed E-state index contributed by atoms with van der Waals surface area (Å²) in [7, 11) is 0. The first-order valence-corrected chi connectivity index (χ1v) is 13.6. The van der Waals surface area contributed by atoms with Crippen LogP contribution in [0.3, 0.4) is 0 Å². The molecule has 0 radical (unpaired) electrons. The molecule has 4 rings (SSSR count). The third kappa shape index (κ3) is 7.58. The van der Waals surface area contributed by atoms with E-state index in [1.165, 1.54) is 10.5 Å². The van der Waals surface area contributed by atoms with Crippen molar-refractivity contribution in [3.05, 3.63) is 65.7 Å². The van der Waals surface area contributed by atoms with Crippen molar-refractivity contribution in [1.29, 1.82) is 0 Å². The van der Waals surface area contributed by atoms with Gasteiger partial charge in [-0.15, -0.1) is 0 Å². The first-order valence-electron chi connectivity index (χ1n) is 13.6. The zero-order valence-electron chi connectivity index (χ0n) is 23.2. The average molecular weight is 526 g/mol. The summed E-state index contributed by atoms with van der Waals surface area (Å²) in [5, 5.41) is 0. The summed E-state index contributed by atoms with van der Waals surface area (Å²) in [6.45, 7) is 9.74. The van der Waals surface area contributed by atoms with Crippen LogP contribution in [0.4, 0.5) is 4.79 Å². The summed E-state index contributed by atoms with van der Waals surface area (Å²) < 4.78 is 17.2. The number of cyclic esters (lactones) is 1. The van der Waals surface area contributed by atoms with E-state index >= 15 is 0 Å². The third-order valence-electron chi connectivity index (χ3n) is 7.89. The molecule has 208 valence electrons. The van der Waals surface area contributed by atoms with Crippen LogP contribution in [0.2, 0.25) is 0 Å². The molecule has 2 aromatic carbocycles. The van der Waals surface area contributed by atoms with E-state index in [9.17, 15) is 9.59 Å². The smallest absolute Gasteiger partial charge is 0.416 e. The molecule has 2 heterocycles. The second kappa shape index (κ2) is 13.3. The van der Waals surface area contributed by atoms with Crippen molar-refractivity contribution >= 4 is 12.0 Å². The maximum atomic E-state index is 13.7. The fourth-order valence-corrected chi connectivity index (χ4v) is 5.20. The van der Waals surface area contributed by atoms with E-state index in [-0.39, 0.29) is 54.0 Å². The molecule has 2 amide bonds. The SMILES string of the molecule is C[C@@H]([C@H](CC(=O)N1C(=O)OC[C@H]1CCc1ccccc1)c1cccc(OC2CCCCO2)c1)C(C)(C)C.O. The van der Waals surface area contributed by atoms with E-state index in [0.717, 1.165) is 43.6 Å². The minimum atomic E-state index is -0.531. The molecular formula is C31H43NO6. The highest BCUT2D eigenvalue weighted by Crippen LogP contribution is 2.41. The van der Waals surface area contributed by atoms with Gasteiger partial charge < -0.3 is 19.7 Å². The Morgan fingerprint density at radius 2 is 1.87 bits per heavy atom. The van der Waals surface area contributed by atoms with E-state index in [2.05, 4.69) is 45.9 Å². The lowest BCUT2D eigenvalue weighted by Gasteiger charge is -2.35. The van der Waals surface area contributed by atoms with Crippen molar-refractivity contribution in [3.63, 3.8) is 0 Å². The van der Waals surface area contributed by atoms with Crippen LogP contribution in [0, 0.1) is 11.3 Å². The van der Waals surface area contributed by atoms with Gasteiger partial charge in [-0.25, -0.2) is 9.69 Å². The van der Waals surface area contributed by atoms with Gasteiger partial charge in [-0.3, -0.25) is 4.79 Å². The quantitative estimate of drug-likeness (QED) is 0.406. The molecule has 0 aliphatic carbocycles.